The maximum Gasteiger partial charge on any atom is 0.306 e. The van der Waals surface area contributed by atoms with Crippen molar-refractivity contribution in [1.82, 2.24) is 0 Å². The molecule has 0 aliphatic heterocycles. The van der Waals surface area contributed by atoms with Crippen LogP contribution in [0.2, 0.25) is 0 Å². The third-order valence-corrected chi connectivity index (χ3v) is 5.16. The molecule has 31 heavy (non-hydrogen) atoms. The fourth-order valence-electron chi connectivity index (χ4n) is 3.20. The smallest absolute Gasteiger partial charge is 0.306 e. The monoisotopic (exact) mass is 436 g/mol. The summed E-state index contributed by atoms with van der Waals surface area (Å²) in [5.41, 5.74) is 0. The Balaban J connectivity index is 3.43. The van der Waals surface area contributed by atoms with Gasteiger partial charge in [-0.3, -0.25) is 9.59 Å². The lowest BCUT2D eigenvalue weighted by molar-refractivity contribution is -0.145. The molecule has 0 amide bonds. The van der Waals surface area contributed by atoms with Crippen molar-refractivity contribution in [3.8, 4) is 0 Å². The second kappa shape index (κ2) is 24.7. The summed E-state index contributed by atoms with van der Waals surface area (Å²) in [4.78, 5) is 23.4. The van der Waals surface area contributed by atoms with E-state index in [1.54, 1.807) is 0 Å². The van der Waals surface area contributed by atoms with Crippen molar-refractivity contribution in [2.75, 3.05) is 13.2 Å². The Morgan fingerprint density at radius 3 is 1.71 bits per heavy atom. The Labute approximate surface area is 191 Å². The first-order valence-electron chi connectivity index (χ1n) is 12.8. The van der Waals surface area contributed by atoms with E-state index in [2.05, 4.69) is 32.1 Å². The van der Waals surface area contributed by atoms with Gasteiger partial charge in [-0.05, 0) is 44.9 Å². The van der Waals surface area contributed by atoms with Crippen LogP contribution in [-0.2, 0) is 19.1 Å². The number of esters is 2. The minimum atomic E-state index is -0.249. The van der Waals surface area contributed by atoms with Crippen LogP contribution in [0.3, 0.4) is 0 Å². The molecule has 0 heterocycles. The van der Waals surface area contributed by atoms with Crippen molar-refractivity contribution in [3.63, 3.8) is 0 Å². The quantitative estimate of drug-likeness (QED) is 0.0984. The molecule has 0 fully saturated rings. The maximum absolute atomic E-state index is 11.7. The first-order valence-corrected chi connectivity index (χ1v) is 12.8. The largest absolute Gasteiger partial charge is 0.466 e. The zero-order valence-electron chi connectivity index (χ0n) is 20.4. The molecule has 0 aliphatic rings. The molecule has 0 aromatic heterocycles. The molecule has 0 saturated heterocycles. The van der Waals surface area contributed by atoms with Crippen LogP contribution < -0.4 is 0 Å². The fraction of sp³-hybridized carbons (Fsp3) is 0.778. The Hall–Kier alpha value is -1.58. The van der Waals surface area contributed by atoms with Gasteiger partial charge in [-0.25, -0.2) is 0 Å². The van der Waals surface area contributed by atoms with Gasteiger partial charge in [-0.15, -0.1) is 0 Å². The third-order valence-electron chi connectivity index (χ3n) is 5.16. The summed E-state index contributed by atoms with van der Waals surface area (Å²) >= 11 is 0. The van der Waals surface area contributed by atoms with Gasteiger partial charge in [0.2, 0.25) is 0 Å². The average Bonchev–Trinajstić information content (AvgIpc) is 2.76. The Morgan fingerprint density at radius 1 is 0.548 bits per heavy atom. The van der Waals surface area contributed by atoms with Crippen LogP contribution in [0.25, 0.3) is 0 Å². The van der Waals surface area contributed by atoms with Crippen LogP contribution in [-0.4, -0.2) is 25.2 Å². The molecule has 180 valence electrons. The van der Waals surface area contributed by atoms with Crippen LogP contribution in [0.15, 0.2) is 24.3 Å². The molecule has 0 aliphatic carbocycles. The SMILES string of the molecule is CCCCC/C=C/CCCOC(=O)CCCC(=O)OC/C=C/CCCCCCCCC. The van der Waals surface area contributed by atoms with Gasteiger partial charge in [0.05, 0.1) is 6.61 Å². The van der Waals surface area contributed by atoms with Gasteiger partial charge in [0, 0.05) is 12.8 Å². The van der Waals surface area contributed by atoms with Gasteiger partial charge >= 0.3 is 11.9 Å². The van der Waals surface area contributed by atoms with Crippen LogP contribution in [0.4, 0.5) is 0 Å². The molecule has 0 rings (SSSR count). The number of hydrogen-bond acceptors (Lipinski definition) is 4. The Kier molecular flexibility index (Phi) is 23.4. The molecule has 4 nitrogen and oxygen atoms in total. The van der Waals surface area contributed by atoms with Gasteiger partial charge in [0.1, 0.15) is 6.61 Å². The van der Waals surface area contributed by atoms with Crippen molar-refractivity contribution < 1.29 is 19.1 Å². The summed E-state index contributed by atoms with van der Waals surface area (Å²) in [7, 11) is 0. The predicted octanol–water partition coefficient (Wildman–Crippen LogP) is 7.86. The minimum absolute atomic E-state index is 0.227. The van der Waals surface area contributed by atoms with Crippen LogP contribution in [0.5, 0.6) is 0 Å². The topological polar surface area (TPSA) is 52.6 Å². The molecule has 0 bridgehead atoms. The zero-order chi connectivity index (χ0) is 22.8. The first kappa shape index (κ1) is 29.4. The second-order valence-corrected chi connectivity index (χ2v) is 8.25. The molecular formula is C27H48O4. The lowest BCUT2D eigenvalue weighted by Crippen LogP contribution is -2.08. The maximum atomic E-state index is 11.7. The van der Waals surface area contributed by atoms with E-state index in [9.17, 15) is 9.59 Å². The fourth-order valence-corrected chi connectivity index (χ4v) is 3.20. The van der Waals surface area contributed by atoms with Gasteiger partial charge in [-0.1, -0.05) is 89.5 Å². The van der Waals surface area contributed by atoms with Crippen LogP contribution >= 0.6 is 0 Å². The minimum Gasteiger partial charge on any atom is -0.466 e. The van der Waals surface area contributed by atoms with Crippen molar-refractivity contribution in [3.05, 3.63) is 24.3 Å². The molecule has 0 unspecified atom stereocenters. The molecule has 0 spiro atoms. The van der Waals surface area contributed by atoms with E-state index in [4.69, 9.17) is 9.47 Å². The molecule has 0 N–H and O–H groups in total. The van der Waals surface area contributed by atoms with Crippen molar-refractivity contribution in [2.45, 2.75) is 123 Å². The van der Waals surface area contributed by atoms with Gasteiger partial charge in [0.25, 0.3) is 0 Å². The number of allylic oxidation sites excluding steroid dienone is 3. The average molecular weight is 437 g/mol. The molecule has 0 saturated carbocycles. The number of hydrogen-bond donors (Lipinski definition) is 0. The third kappa shape index (κ3) is 24.6. The Morgan fingerprint density at radius 2 is 1.03 bits per heavy atom. The summed E-state index contributed by atoms with van der Waals surface area (Å²) in [6.07, 6.45) is 26.3. The molecule has 0 aromatic carbocycles. The lowest BCUT2D eigenvalue weighted by Gasteiger charge is -2.04. The van der Waals surface area contributed by atoms with Crippen LogP contribution in [0, 0.1) is 0 Å². The highest BCUT2D eigenvalue weighted by Crippen LogP contribution is 2.08. The lowest BCUT2D eigenvalue weighted by atomic mass is 10.1. The van der Waals surface area contributed by atoms with Crippen LogP contribution in [0.1, 0.15) is 123 Å². The van der Waals surface area contributed by atoms with Gasteiger partial charge in [-0.2, -0.15) is 0 Å². The summed E-state index contributed by atoms with van der Waals surface area (Å²) in [5, 5.41) is 0. The first-order chi connectivity index (χ1) is 15.2. The molecule has 4 heteroatoms. The number of ether oxygens (including phenoxy) is 2. The molecule has 0 aromatic rings. The highest BCUT2D eigenvalue weighted by molar-refractivity contribution is 5.72. The highest BCUT2D eigenvalue weighted by atomic mass is 16.5. The predicted molar refractivity (Wildman–Crippen MR) is 130 cm³/mol. The number of unbranched alkanes of at least 4 members (excludes halogenated alkanes) is 11. The van der Waals surface area contributed by atoms with E-state index in [1.807, 2.05) is 6.08 Å². The number of rotatable bonds is 22. The number of carbonyl (C=O) groups excluding carboxylic acids is 2. The highest BCUT2D eigenvalue weighted by Gasteiger charge is 2.06. The van der Waals surface area contributed by atoms with E-state index in [-0.39, 0.29) is 24.8 Å². The molecule has 0 atom stereocenters. The van der Waals surface area contributed by atoms with E-state index in [1.165, 1.54) is 64.2 Å². The Bertz CT molecular complexity index is 468. The molecular weight excluding hydrogens is 388 g/mol. The normalized spacial score (nSPS) is 11.4. The van der Waals surface area contributed by atoms with Crippen molar-refractivity contribution >= 4 is 11.9 Å². The van der Waals surface area contributed by atoms with Crippen molar-refractivity contribution in [1.29, 1.82) is 0 Å². The summed E-state index contributed by atoms with van der Waals surface area (Å²) in [6.45, 7) is 5.22. The van der Waals surface area contributed by atoms with E-state index >= 15 is 0 Å². The summed E-state index contributed by atoms with van der Waals surface area (Å²) in [5.74, 6) is -0.476. The van der Waals surface area contributed by atoms with E-state index in [0.717, 1.165) is 25.7 Å². The molecule has 0 radical (unpaired) electrons. The van der Waals surface area contributed by atoms with E-state index < -0.39 is 0 Å². The van der Waals surface area contributed by atoms with E-state index in [0.29, 0.717) is 19.6 Å². The van der Waals surface area contributed by atoms with Gasteiger partial charge in [0.15, 0.2) is 0 Å². The zero-order valence-corrected chi connectivity index (χ0v) is 20.4. The summed E-state index contributed by atoms with van der Waals surface area (Å²) in [6, 6.07) is 0. The summed E-state index contributed by atoms with van der Waals surface area (Å²) < 4.78 is 10.4. The second-order valence-electron chi connectivity index (χ2n) is 8.25. The van der Waals surface area contributed by atoms with Gasteiger partial charge < -0.3 is 9.47 Å². The standard InChI is InChI=1S/C27H48O4/c1-3-5-7-9-11-13-14-16-18-20-25-31-27(29)23-21-22-26(28)30-24-19-17-15-12-10-8-6-4-2/h12,15,18,20H,3-11,13-14,16-17,19,21-25H2,1-2H3/b15-12+,20-18+. The number of carbonyl (C=O) groups is 2. The van der Waals surface area contributed by atoms with Crippen molar-refractivity contribution in [2.24, 2.45) is 0 Å².